The van der Waals surface area contributed by atoms with E-state index in [0.717, 1.165) is 28.6 Å². The molecule has 0 saturated heterocycles. The second-order valence-corrected chi connectivity index (χ2v) is 4.63. The smallest absolute Gasteiger partial charge is 0.137 e. The van der Waals surface area contributed by atoms with Gasteiger partial charge in [0.05, 0.1) is 19.0 Å². The zero-order chi connectivity index (χ0) is 13.2. The maximum atomic E-state index is 5.20. The lowest BCUT2D eigenvalue weighted by Crippen LogP contribution is -2.01. The van der Waals surface area contributed by atoms with Gasteiger partial charge in [0.2, 0.25) is 0 Å². The highest BCUT2D eigenvalue weighted by Crippen LogP contribution is 2.39. The Morgan fingerprint density at radius 2 is 2.05 bits per heavy atom. The summed E-state index contributed by atoms with van der Waals surface area (Å²) in [5.74, 6) is 3.01. The molecular formula is C14H16N4O. The molecule has 1 saturated carbocycles. The molecule has 2 aromatic heterocycles. The first-order chi connectivity index (χ1) is 9.30. The summed E-state index contributed by atoms with van der Waals surface area (Å²) in [6.45, 7) is 0. The fraction of sp³-hybridized carbons (Fsp3) is 0.357. The van der Waals surface area contributed by atoms with Crippen molar-refractivity contribution in [1.29, 1.82) is 0 Å². The average molecular weight is 256 g/mol. The van der Waals surface area contributed by atoms with E-state index >= 15 is 0 Å². The number of aromatic nitrogens is 3. The molecule has 98 valence electrons. The lowest BCUT2D eigenvalue weighted by molar-refractivity contribution is 0.413. The fourth-order valence-electron chi connectivity index (χ4n) is 1.94. The maximum absolute atomic E-state index is 5.20. The first-order valence-corrected chi connectivity index (χ1v) is 6.36. The number of hydrogen-bond donors (Lipinski definition) is 1. The third-order valence-electron chi connectivity index (χ3n) is 3.19. The normalized spacial score (nSPS) is 14.2. The third-order valence-corrected chi connectivity index (χ3v) is 3.19. The standard InChI is InChI=1S/C14H16N4O/c1-15-13-6-12(17-14(18-13)9-3-4-9)10-5-11(19-2)8-16-7-10/h5-9H,3-4H2,1-2H3,(H,15,17,18). The van der Waals surface area contributed by atoms with Crippen molar-refractivity contribution in [1.82, 2.24) is 15.0 Å². The molecule has 5 heteroatoms. The molecular weight excluding hydrogens is 240 g/mol. The molecule has 2 aromatic rings. The highest BCUT2D eigenvalue weighted by atomic mass is 16.5. The van der Waals surface area contributed by atoms with Crippen molar-refractivity contribution in [2.75, 3.05) is 19.5 Å². The molecule has 1 N–H and O–H groups in total. The van der Waals surface area contributed by atoms with E-state index < -0.39 is 0 Å². The van der Waals surface area contributed by atoms with Crippen molar-refractivity contribution in [2.24, 2.45) is 0 Å². The van der Waals surface area contributed by atoms with E-state index in [1.165, 1.54) is 12.8 Å². The summed E-state index contributed by atoms with van der Waals surface area (Å²) in [6.07, 6.45) is 5.85. The van der Waals surface area contributed by atoms with Gasteiger partial charge in [-0.25, -0.2) is 9.97 Å². The third kappa shape index (κ3) is 2.50. The van der Waals surface area contributed by atoms with Crippen LogP contribution in [0.1, 0.15) is 24.6 Å². The van der Waals surface area contributed by atoms with Gasteiger partial charge in [-0.1, -0.05) is 0 Å². The molecule has 0 bridgehead atoms. The predicted molar refractivity (Wildman–Crippen MR) is 73.3 cm³/mol. The van der Waals surface area contributed by atoms with Crippen molar-refractivity contribution in [3.05, 3.63) is 30.4 Å². The molecule has 1 aliphatic rings. The zero-order valence-electron chi connectivity index (χ0n) is 11.1. The van der Waals surface area contributed by atoms with Crippen molar-refractivity contribution in [2.45, 2.75) is 18.8 Å². The van der Waals surface area contributed by atoms with Crippen LogP contribution in [-0.2, 0) is 0 Å². The van der Waals surface area contributed by atoms with Gasteiger partial charge in [-0.3, -0.25) is 4.98 Å². The number of rotatable bonds is 4. The molecule has 1 aliphatic carbocycles. The van der Waals surface area contributed by atoms with Gasteiger partial charge in [-0.05, 0) is 18.9 Å². The van der Waals surface area contributed by atoms with Crippen LogP contribution in [0.15, 0.2) is 24.5 Å². The van der Waals surface area contributed by atoms with Gasteiger partial charge >= 0.3 is 0 Å². The van der Waals surface area contributed by atoms with Crippen molar-refractivity contribution in [3.63, 3.8) is 0 Å². The number of ether oxygens (including phenoxy) is 1. The number of nitrogens with zero attached hydrogens (tertiary/aromatic N) is 3. The molecule has 19 heavy (non-hydrogen) atoms. The van der Waals surface area contributed by atoms with Crippen LogP contribution in [0, 0.1) is 0 Å². The van der Waals surface area contributed by atoms with E-state index in [2.05, 4.69) is 20.3 Å². The maximum Gasteiger partial charge on any atom is 0.137 e. The number of pyridine rings is 1. The number of anilines is 1. The minimum absolute atomic E-state index is 0.519. The molecule has 0 spiro atoms. The van der Waals surface area contributed by atoms with Crippen LogP contribution >= 0.6 is 0 Å². The molecule has 0 unspecified atom stereocenters. The van der Waals surface area contributed by atoms with E-state index in [0.29, 0.717) is 5.92 Å². The van der Waals surface area contributed by atoms with Crippen LogP contribution in [0.3, 0.4) is 0 Å². The Morgan fingerprint density at radius 3 is 2.74 bits per heavy atom. The second kappa shape index (κ2) is 4.84. The SMILES string of the molecule is CNc1cc(-c2cncc(OC)c2)nc(C2CC2)n1. The van der Waals surface area contributed by atoms with Gasteiger partial charge in [0.15, 0.2) is 0 Å². The van der Waals surface area contributed by atoms with E-state index in [9.17, 15) is 0 Å². The predicted octanol–water partition coefficient (Wildman–Crippen LogP) is 2.47. The Balaban J connectivity index is 2.04. The summed E-state index contributed by atoms with van der Waals surface area (Å²) in [4.78, 5) is 13.3. The van der Waals surface area contributed by atoms with E-state index in [4.69, 9.17) is 4.74 Å². The van der Waals surface area contributed by atoms with E-state index in [1.807, 2.05) is 19.2 Å². The van der Waals surface area contributed by atoms with Crippen LogP contribution in [0.4, 0.5) is 5.82 Å². The highest BCUT2D eigenvalue weighted by Gasteiger charge is 2.27. The Morgan fingerprint density at radius 1 is 1.21 bits per heavy atom. The first-order valence-electron chi connectivity index (χ1n) is 6.36. The molecule has 2 heterocycles. The van der Waals surface area contributed by atoms with Gasteiger partial charge in [0, 0.05) is 30.8 Å². The lowest BCUT2D eigenvalue weighted by atomic mass is 10.2. The highest BCUT2D eigenvalue weighted by molar-refractivity contribution is 5.63. The number of nitrogens with one attached hydrogen (secondary N) is 1. The van der Waals surface area contributed by atoms with Gasteiger partial charge in [0.1, 0.15) is 17.4 Å². The van der Waals surface area contributed by atoms with Gasteiger partial charge in [-0.15, -0.1) is 0 Å². The molecule has 5 nitrogen and oxygen atoms in total. The van der Waals surface area contributed by atoms with E-state index in [1.54, 1.807) is 19.5 Å². The first kappa shape index (κ1) is 11.9. The molecule has 0 aliphatic heterocycles. The summed E-state index contributed by atoms with van der Waals surface area (Å²) in [5.41, 5.74) is 1.83. The molecule has 3 rings (SSSR count). The summed E-state index contributed by atoms with van der Waals surface area (Å²) in [5, 5.41) is 3.09. The van der Waals surface area contributed by atoms with Gasteiger partial charge < -0.3 is 10.1 Å². The number of hydrogen-bond acceptors (Lipinski definition) is 5. The van der Waals surface area contributed by atoms with Crippen LogP contribution in [-0.4, -0.2) is 29.1 Å². The fourth-order valence-corrected chi connectivity index (χ4v) is 1.94. The average Bonchev–Trinajstić information content (AvgIpc) is 3.31. The van der Waals surface area contributed by atoms with Crippen molar-refractivity contribution < 1.29 is 4.74 Å². The Hall–Kier alpha value is -2.17. The topological polar surface area (TPSA) is 59.9 Å². The molecule has 0 radical (unpaired) electrons. The summed E-state index contributed by atoms with van der Waals surface area (Å²) in [7, 11) is 3.50. The summed E-state index contributed by atoms with van der Waals surface area (Å²) < 4.78 is 5.20. The molecule has 0 atom stereocenters. The zero-order valence-corrected chi connectivity index (χ0v) is 11.1. The quantitative estimate of drug-likeness (QED) is 0.910. The molecule has 0 amide bonds. The minimum atomic E-state index is 0.519. The van der Waals surface area contributed by atoms with Crippen LogP contribution in [0.2, 0.25) is 0 Å². The summed E-state index contributed by atoms with van der Waals surface area (Å²) >= 11 is 0. The second-order valence-electron chi connectivity index (χ2n) is 4.63. The van der Waals surface area contributed by atoms with Crippen LogP contribution < -0.4 is 10.1 Å². The van der Waals surface area contributed by atoms with Gasteiger partial charge in [-0.2, -0.15) is 0 Å². The largest absolute Gasteiger partial charge is 0.495 e. The monoisotopic (exact) mass is 256 g/mol. The van der Waals surface area contributed by atoms with Gasteiger partial charge in [0.25, 0.3) is 0 Å². The Kier molecular flexibility index (Phi) is 3.03. The Labute approximate surface area is 112 Å². The van der Waals surface area contributed by atoms with E-state index in [-0.39, 0.29) is 0 Å². The van der Waals surface area contributed by atoms with Crippen LogP contribution in [0.25, 0.3) is 11.3 Å². The minimum Gasteiger partial charge on any atom is -0.495 e. The molecule has 1 fully saturated rings. The van der Waals surface area contributed by atoms with Crippen molar-refractivity contribution >= 4 is 5.82 Å². The Bertz CT molecular complexity index is 596. The summed E-state index contributed by atoms with van der Waals surface area (Å²) in [6, 6.07) is 3.87. The lowest BCUT2D eigenvalue weighted by Gasteiger charge is -2.08. The van der Waals surface area contributed by atoms with Crippen LogP contribution in [0.5, 0.6) is 5.75 Å². The molecule has 0 aromatic carbocycles. The number of methoxy groups -OCH3 is 1. The van der Waals surface area contributed by atoms with Crippen molar-refractivity contribution in [3.8, 4) is 17.0 Å².